The molecule has 0 amide bonds. The van der Waals surface area contributed by atoms with Gasteiger partial charge in [0.25, 0.3) is 0 Å². The molecular weight excluding hydrogens is 270 g/mol. The molecule has 3 nitrogen and oxygen atoms in total. The summed E-state index contributed by atoms with van der Waals surface area (Å²) >= 11 is 5.99. The lowest BCUT2D eigenvalue weighted by molar-refractivity contribution is 0.511. The van der Waals surface area contributed by atoms with Gasteiger partial charge < -0.3 is 5.32 Å². The van der Waals surface area contributed by atoms with Crippen molar-refractivity contribution in [3.8, 4) is 0 Å². The zero-order chi connectivity index (χ0) is 14.4. The van der Waals surface area contributed by atoms with E-state index < -0.39 is 0 Å². The Morgan fingerprint density at radius 2 is 1.90 bits per heavy atom. The van der Waals surface area contributed by atoms with E-state index in [0.29, 0.717) is 0 Å². The molecule has 0 bridgehead atoms. The van der Waals surface area contributed by atoms with Gasteiger partial charge in [0, 0.05) is 17.8 Å². The van der Waals surface area contributed by atoms with Crippen LogP contribution in [0.3, 0.4) is 0 Å². The Kier molecular flexibility index (Phi) is 5.62. The average Bonchev–Trinajstić information content (AvgIpc) is 2.90. The van der Waals surface area contributed by atoms with Crippen LogP contribution in [0.2, 0.25) is 5.02 Å². The second-order valence-corrected chi connectivity index (χ2v) is 5.35. The van der Waals surface area contributed by atoms with Crippen LogP contribution >= 0.6 is 11.6 Å². The maximum atomic E-state index is 5.99. The summed E-state index contributed by atoms with van der Waals surface area (Å²) < 4.78 is 2.09. The largest absolute Gasteiger partial charge is 0.305 e. The fraction of sp³-hybridized carbons (Fsp3) is 0.438. The highest BCUT2D eigenvalue weighted by atomic mass is 35.5. The van der Waals surface area contributed by atoms with Gasteiger partial charge in [0.15, 0.2) is 0 Å². The Bertz CT molecular complexity index is 519. The highest BCUT2D eigenvalue weighted by molar-refractivity contribution is 6.30. The smallest absolute Gasteiger partial charge is 0.0748 e. The molecule has 1 N–H and O–H groups in total. The number of rotatable bonds is 7. The number of aryl methyl sites for hydroxylation is 1. The lowest BCUT2D eigenvalue weighted by Gasteiger charge is -2.20. The molecule has 108 valence electrons. The van der Waals surface area contributed by atoms with Crippen molar-refractivity contribution in [2.45, 2.75) is 39.3 Å². The van der Waals surface area contributed by atoms with Gasteiger partial charge in [-0.05, 0) is 43.1 Å². The number of halogens is 1. The molecule has 1 aromatic heterocycles. The minimum absolute atomic E-state index is 0.168. The van der Waals surface area contributed by atoms with E-state index in [-0.39, 0.29) is 6.04 Å². The van der Waals surface area contributed by atoms with Crippen LogP contribution in [0.15, 0.2) is 36.5 Å². The van der Waals surface area contributed by atoms with Crippen LogP contribution in [0.1, 0.15) is 44.0 Å². The number of hydrogen-bond acceptors (Lipinski definition) is 2. The van der Waals surface area contributed by atoms with Crippen molar-refractivity contribution in [3.05, 3.63) is 52.8 Å². The quantitative estimate of drug-likeness (QED) is 0.834. The van der Waals surface area contributed by atoms with Gasteiger partial charge in [-0.1, -0.05) is 37.6 Å². The van der Waals surface area contributed by atoms with Gasteiger partial charge in [0.05, 0.1) is 11.7 Å². The summed E-state index contributed by atoms with van der Waals surface area (Å²) in [5.74, 6) is 0. The number of aromatic nitrogens is 2. The molecule has 2 aromatic rings. The van der Waals surface area contributed by atoms with Gasteiger partial charge in [0.1, 0.15) is 0 Å². The molecule has 0 aliphatic rings. The molecule has 0 radical (unpaired) electrons. The second-order valence-electron chi connectivity index (χ2n) is 4.92. The molecule has 20 heavy (non-hydrogen) atoms. The monoisotopic (exact) mass is 291 g/mol. The lowest BCUT2D eigenvalue weighted by Crippen LogP contribution is -2.25. The summed E-state index contributed by atoms with van der Waals surface area (Å²) in [6, 6.07) is 10.3. The van der Waals surface area contributed by atoms with Gasteiger partial charge in [-0.15, -0.1) is 0 Å². The topological polar surface area (TPSA) is 29.9 Å². The van der Waals surface area contributed by atoms with E-state index in [1.165, 1.54) is 11.3 Å². The predicted molar refractivity (Wildman–Crippen MR) is 84.1 cm³/mol. The molecule has 0 fully saturated rings. The molecule has 0 saturated carbocycles. The molecule has 0 spiro atoms. The summed E-state index contributed by atoms with van der Waals surface area (Å²) in [5.41, 5.74) is 2.43. The maximum absolute atomic E-state index is 5.99. The first-order valence-corrected chi connectivity index (χ1v) is 7.64. The van der Waals surface area contributed by atoms with Crippen molar-refractivity contribution >= 4 is 11.6 Å². The molecule has 0 saturated heterocycles. The van der Waals surface area contributed by atoms with Crippen LogP contribution in [-0.4, -0.2) is 16.3 Å². The fourth-order valence-electron chi connectivity index (χ4n) is 2.32. The van der Waals surface area contributed by atoms with Crippen LogP contribution in [0.4, 0.5) is 0 Å². The number of hydrogen-bond donors (Lipinski definition) is 1. The van der Waals surface area contributed by atoms with Crippen molar-refractivity contribution < 1.29 is 0 Å². The van der Waals surface area contributed by atoms with Crippen molar-refractivity contribution in [2.24, 2.45) is 0 Å². The lowest BCUT2D eigenvalue weighted by atomic mass is 10.0. The Balaban J connectivity index is 2.31. The van der Waals surface area contributed by atoms with Crippen molar-refractivity contribution in [2.75, 3.05) is 6.54 Å². The van der Waals surface area contributed by atoms with E-state index in [4.69, 9.17) is 11.6 Å². The Morgan fingerprint density at radius 1 is 1.15 bits per heavy atom. The Labute approximate surface area is 126 Å². The van der Waals surface area contributed by atoms with Crippen LogP contribution in [0.25, 0.3) is 0 Å². The third-order valence-corrected chi connectivity index (χ3v) is 3.53. The first-order valence-electron chi connectivity index (χ1n) is 7.26. The standard InChI is InChI=1S/C16H22ClN3/c1-3-10-18-16(13-5-7-14(17)8-6-13)15-9-11-19-20(15)12-4-2/h5-9,11,16,18H,3-4,10,12H2,1-2H3. The van der Waals surface area contributed by atoms with E-state index in [1.54, 1.807) is 0 Å². The van der Waals surface area contributed by atoms with Gasteiger partial charge >= 0.3 is 0 Å². The number of nitrogens with one attached hydrogen (secondary N) is 1. The molecular formula is C16H22ClN3. The average molecular weight is 292 g/mol. The zero-order valence-corrected chi connectivity index (χ0v) is 12.9. The van der Waals surface area contributed by atoms with Crippen LogP contribution in [0, 0.1) is 0 Å². The van der Waals surface area contributed by atoms with Crippen molar-refractivity contribution in [1.82, 2.24) is 15.1 Å². The molecule has 0 aliphatic heterocycles. The summed E-state index contributed by atoms with van der Waals surface area (Å²) in [4.78, 5) is 0. The molecule has 1 atom stereocenters. The molecule has 1 heterocycles. The summed E-state index contributed by atoms with van der Waals surface area (Å²) in [5, 5.41) is 8.80. The molecule has 1 unspecified atom stereocenters. The normalized spacial score (nSPS) is 12.6. The third-order valence-electron chi connectivity index (χ3n) is 3.28. The molecule has 2 rings (SSSR count). The number of benzene rings is 1. The van der Waals surface area contributed by atoms with Gasteiger partial charge in [0.2, 0.25) is 0 Å². The Morgan fingerprint density at radius 3 is 2.55 bits per heavy atom. The first kappa shape index (κ1) is 15.1. The van der Waals surface area contributed by atoms with Crippen LogP contribution < -0.4 is 5.32 Å². The van der Waals surface area contributed by atoms with Crippen molar-refractivity contribution in [3.63, 3.8) is 0 Å². The van der Waals surface area contributed by atoms with E-state index in [2.05, 4.69) is 47.1 Å². The third kappa shape index (κ3) is 3.62. The zero-order valence-electron chi connectivity index (χ0n) is 12.1. The van der Waals surface area contributed by atoms with Crippen molar-refractivity contribution in [1.29, 1.82) is 0 Å². The van der Waals surface area contributed by atoms with E-state index in [9.17, 15) is 0 Å². The van der Waals surface area contributed by atoms with E-state index in [1.807, 2.05) is 18.3 Å². The van der Waals surface area contributed by atoms with Gasteiger partial charge in [-0.25, -0.2) is 0 Å². The highest BCUT2D eigenvalue weighted by Crippen LogP contribution is 2.23. The van der Waals surface area contributed by atoms with Crippen LogP contribution in [0.5, 0.6) is 0 Å². The summed E-state index contributed by atoms with van der Waals surface area (Å²) in [6.45, 7) is 6.27. The molecule has 0 aliphatic carbocycles. The number of nitrogens with zero attached hydrogens (tertiary/aromatic N) is 2. The van der Waals surface area contributed by atoms with E-state index in [0.717, 1.165) is 31.0 Å². The Hall–Kier alpha value is -1.32. The van der Waals surface area contributed by atoms with E-state index >= 15 is 0 Å². The summed E-state index contributed by atoms with van der Waals surface area (Å²) in [7, 11) is 0. The highest BCUT2D eigenvalue weighted by Gasteiger charge is 2.17. The maximum Gasteiger partial charge on any atom is 0.0748 e. The van der Waals surface area contributed by atoms with Crippen LogP contribution in [-0.2, 0) is 6.54 Å². The minimum Gasteiger partial charge on any atom is -0.305 e. The van der Waals surface area contributed by atoms with Gasteiger partial charge in [-0.2, -0.15) is 5.10 Å². The first-order chi connectivity index (χ1) is 9.76. The molecule has 1 aromatic carbocycles. The fourth-order valence-corrected chi connectivity index (χ4v) is 2.45. The van der Waals surface area contributed by atoms with Gasteiger partial charge in [-0.3, -0.25) is 4.68 Å². The molecule has 4 heteroatoms. The predicted octanol–water partition coefficient (Wildman–Crippen LogP) is 4.04. The second kappa shape index (κ2) is 7.46. The summed E-state index contributed by atoms with van der Waals surface area (Å²) in [6.07, 6.45) is 4.06. The SMILES string of the molecule is CCCNC(c1ccc(Cl)cc1)c1ccnn1CCC. The minimum atomic E-state index is 0.168.